The van der Waals surface area contributed by atoms with E-state index in [1.165, 1.54) is 0 Å². The lowest BCUT2D eigenvalue weighted by atomic mass is 10.3. The number of aromatic nitrogens is 3. The zero-order valence-electron chi connectivity index (χ0n) is 10.7. The molecule has 6 heteroatoms. The summed E-state index contributed by atoms with van der Waals surface area (Å²) < 4.78 is 3.55. The van der Waals surface area contributed by atoms with E-state index in [9.17, 15) is 9.90 Å². The fraction of sp³-hybridized carbons (Fsp3) is 0.385. The molecule has 1 aliphatic heterocycles. The number of aliphatic hydroxyl groups excluding tert-OH is 1. The third-order valence-corrected chi connectivity index (χ3v) is 3.44. The lowest BCUT2D eigenvalue weighted by molar-refractivity contribution is 0.0765. The molecule has 1 saturated heterocycles. The van der Waals surface area contributed by atoms with Gasteiger partial charge < -0.3 is 14.6 Å². The maximum absolute atomic E-state index is 12.5. The minimum Gasteiger partial charge on any atom is -0.391 e. The molecule has 1 aliphatic rings. The van der Waals surface area contributed by atoms with Crippen LogP contribution in [0.25, 0.3) is 5.82 Å². The molecule has 0 aromatic carbocycles. The van der Waals surface area contributed by atoms with E-state index in [1.54, 1.807) is 15.8 Å². The van der Waals surface area contributed by atoms with Gasteiger partial charge in [0, 0.05) is 32.5 Å². The van der Waals surface area contributed by atoms with Crippen LogP contribution in [0.15, 0.2) is 30.7 Å². The summed E-state index contributed by atoms with van der Waals surface area (Å²) in [5, 5.41) is 13.7. The molecular weight excluding hydrogens is 244 g/mol. The minimum absolute atomic E-state index is 0.0756. The van der Waals surface area contributed by atoms with Crippen LogP contribution in [0.3, 0.4) is 0 Å². The molecule has 0 radical (unpaired) electrons. The molecule has 2 aromatic rings. The van der Waals surface area contributed by atoms with Crippen molar-refractivity contribution in [1.29, 1.82) is 0 Å². The van der Waals surface area contributed by atoms with Gasteiger partial charge in [0.05, 0.1) is 12.3 Å². The first-order valence-corrected chi connectivity index (χ1v) is 6.29. The fourth-order valence-electron chi connectivity index (χ4n) is 2.46. The summed E-state index contributed by atoms with van der Waals surface area (Å²) in [5.41, 5.74) is 0.563. The van der Waals surface area contributed by atoms with Gasteiger partial charge in [-0.25, -0.2) is 0 Å². The van der Waals surface area contributed by atoms with Crippen LogP contribution in [0, 0.1) is 0 Å². The van der Waals surface area contributed by atoms with Crippen molar-refractivity contribution in [3.63, 3.8) is 0 Å². The van der Waals surface area contributed by atoms with Gasteiger partial charge in [0.15, 0.2) is 0 Å². The smallest absolute Gasteiger partial charge is 0.259 e. The highest BCUT2D eigenvalue weighted by Gasteiger charge is 2.28. The predicted molar refractivity (Wildman–Crippen MR) is 69.1 cm³/mol. The van der Waals surface area contributed by atoms with E-state index in [-0.39, 0.29) is 5.91 Å². The average molecular weight is 260 g/mol. The highest BCUT2D eigenvalue weighted by atomic mass is 16.3. The number of carbonyl (C=O) groups excluding carboxylic acids is 1. The van der Waals surface area contributed by atoms with E-state index in [0.717, 1.165) is 5.82 Å². The number of β-amino-alcohol motifs (C(OH)–C–C–N with tert-alkyl or cyclic N) is 1. The first-order chi connectivity index (χ1) is 9.16. The molecule has 19 heavy (non-hydrogen) atoms. The molecule has 3 rings (SSSR count). The minimum atomic E-state index is -0.407. The lowest BCUT2D eigenvalue weighted by Crippen LogP contribution is -2.30. The summed E-state index contributed by atoms with van der Waals surface area (Å²) in [6, 6.07) is 3.81. The number of nitrogens with zero attached hydrogens (tertiary/aromatic N) is 4. The van der Waals surface area contributed by atoms with Crippen molar-refractivity contribution in [3.05, 3.63) is 36.3 Å². The summed E-state index contributed by atoms with van der Waals surface area (Å²) >= 11 is 0. The number of likely N-dealkylation sites (tertiary alicyclic amines) is 1. The number of rotatable bonds is 2. The first kappa shape index (κ1) is 12.0. The first-order valence-electron chi connectivity index (χ1n) is 6.29. The van der Waals surface area contributed by atoms with Gasteiger partial charge in [-0.3, -0.25) is 9.48 Å². The van der Waals surface area contributed by atoms with Crippen molar-refractivity contribution in [1.82, 2.24) is 19.2 Å². The second-order valence-corrected chi connectivity index (χ2v) is 4.79. The van der Waals surface area contributed by atoms with Gasteiger partial charge in [0.2, 0.25) is 0 Å². The molecule has 1 atom stereocenters. The van der Waals surface area contributed by atoms with E-state index in [1.807, 2.05) is 36.1 Å². The van der Waals surface area contributed by atoms with Crippen molar-refractivity contribution in [3.8, 4) is 5.82 Å². The van der Waals surface area contributed by atoms with Crippen LogP contribution in [0.2, 0.25) is 0 Å². The Bertz CT molecular complexity index is 588. The molecule has 0 bridgehead atoms. The maximum Gasteiger partial charge on any atom is 0.259 e. The van der Waals surface area contributed by atoms with Crippen LogP contribution in [-0.2, 0) is 7.05 Å². The standard InChI is InChI=1S/C13H16N4O2/c1-15-12(16-5-2-3-6-16)11(8-14-15)13(19)17-7-4-10(18)9-17/h2-3,5-6,8,10,18H,4,7,9H2,1H3/t10-/m1/s1. The number of hydrogen-bond donors (Lipinski definition) is 1. The Morgan fingerprint density at radius 2 is 2.16 bits per heavy atom. The second-order valence-electron chi connectivity index (χ2n) is 4.79. The topological polar surface area (TPSA) is 63.3 Å². The maximum atomic E-state index is 12.5. The highest BCUT2D eigenvalue weighted by Crippen LogP contribution is 2.19. The zero-order valence-corrected chi connectivity index (χ0v) is 10.7. The van der Waals surface area contributed by atoms with Crippen molar-refractivity contribution in [2.75, 3.05) is 13.1 Å². The summed E-state index contributed by atoms with van der Waals surface area (Å²) in [5.74, 6) is 0.671. The van der Waals surface area contributed by atoms with Crippen LogP contribution in [0.5, 0.6) is 0 Å². The Hall–Kier alpha value is -2.08. The van der Waals surface area contributed by atoms with Gasteiger partial charge in [-0.1, -0.05) is 0 Å². The van der Waals surface area contributed by atoms with E-state index >= 15 is 0 Å². The van der Waals surface area contributed by atoms with E-state index in [4.69, 9.17) is 0 Å². The Morgan fingerprint density at radius 3 is 2.79 bits per heavy atom. The Kier molecular flexibility index (Phi) is 2.87. The summed E-state index contributed by atoms with van der Waals surface area (Å²) in [6.07, 6.45) is 5.59. The normalized spacial score (nSPS) is 19.1. The Morgan fingerprint density at radius 1 is 1.42 bits per heavy atom. The molecule has 0 unspecified atom stereocenters. The van der Waals surface area contributed by atoms with Gasteiger partial charge in [-0.05, 0) is 18.6 Å². The third-order valence-electron chi connectivity index (χ3n) is 3.44. The molecule has 0 spiro atoms. The molecule has 0 aliphatic carbocycles. The predicted octanol–water partition coefficient (Wildman–Crippen LogP) is 0.418. The van der Waals surface area contributed by atoms with Crippen molar-refractivity contribution >= 4 is 5.91 Å². The Labute approximate surface area is 110 Å². The number of aryl methyl sites for hydroxylation is 1. The van der Waals surface area contributed by atoms with Crippen LogP contribution >= 0.6 is 0 Å². The molecule has 0 saturated carbocycles. The number of hydrogen-bond acceptors (Lipinski definition) is 3. The second kappa shape index (κ2) is 4.55. The van der Waals surface area contributed by atoms with E-state index in [0.29, 0.717) is 25.1 Å². The molecule has 2 aromatic heterocycles. The number of aliphatic hydroxyl groups is 1. The summed E-state index contributed by atoms with van der Waals surface area (Å²) in [4.78, 5) is 14.1. The summed E-state index contributed by atoms with van der Waals surface area (Å²) in [7, 11) is 1.81. The summed E-state index contributed by atoms with van der Waals surface area (Å²) in [6.45, 7) is 0.999. The highest BCUT2D eigenvalue weighted by molar-refractivity contribution is 5.97. The monoisotopic (exact) mass is 260 g/mol. The molecule has 6 nitrogen and oxygen atoms in total. The largest absolute Gasteiger partial charge is 0.391 e. The third kappa shape index (κ3) is 2.04. The van der Waals surface area contributed by atoms with Gasteiger partial charge in [0.25, 0.3) is 5.91 Å². The zero-order chi connectivity index (χ0) is 13.4. The van der Waals surface area contributed by atoms with E-state index < -0.39 is 6.10 Å². The van der Waals surface area contributed by atoms with Gasteiger partial charge >= 0.3 is 0 Å². The van der Waals surface area contributed by atoms with Crippen LogP contribution < -0.4 is 0 Å². The van der Waals surface area contributed by atoms with E-state index in [2.05, 4.69) is 5.10 Å². The van der Waals surface area contributed by atoms with Crippen molar-refractivity contribution < 1.29 is 9.90 Å². The molecule has 1 fully saturated rings. The van der Waals surface area contributed by atoms with Crippen LogP contribution in [-0.4, -0.2) is 49.5 Å². The quantitative estimate of drug-likeness (QED) is 0.851. The van der Waals surface area contributed by atoms with Crippen LogP contribution in [0.1, 0.15) is 16.8 Å². The van der Waals surface area contributed by atoms with Gasteiger partial charge in [-0.15, -0.1) is 0 Å². The van der Waals surface area contributed by atoms with Crippen LogP contribution in [0.4, 0.5) is 0 Å². The molecular formula is C13H16N4O2. The molecule has 3 heterocycles. The Balaban J connectivity index is 1.95. The number of carbonyl (C=O) groups is 1. The number of amides is 1. The SMILES string of the molecule is Cn1ncc(C(=O)N2CC[C@@H](O)C2)c1-n1cccc1. The van der Waals surface area contributed by atoms with Gasteiger partial charge in [-0.2, -0.15) is 5.10 Å². The molecule has 1 N–H and O–H groups in total. The van der Waals surface area contributed by atoms with Crippen molar-refractivity contribution in [2.45, 2.75) is 12.5 Å². The van der Waals surface area contributed by atoms with Gasteiger partial charge in [0.1, 0.15) is 11.4 Å². The lowest BCUT2D eigenvalue weighted by Gasteiger charge is -2.16. The molecule has 1 amide bonds. The molecule has 100 valence electrons. The average Bonchev–Trinajstić information content (AvgIpc) is 3.08. The fourth-order valence-corrected chi connectivity index (χ4v) is 2.46. The van der Waals surface area contributed by atoms with Crippen molar-refractivity contribution in [2.24, 2.45) is 7.05 Å².